The minimum Gasteiger partial charge on any atom is -0.333 e. The summed E-state index contributed by atoms with van der Waals surface area (Å²) in [5.41, 5.74) is 0. The zero-order chi connectivity index (χ0) is 12.4. The third-order valence-corrected chi connectivity index (χ3v) is 4.27. The Morgan fingerprint density at radius 2 is 2.44 bits per heavy atom. The standard InChI is InChI=1S/C13H15N3OS/c17-13(10-15-7-3-6-14-15)16-8-1-4-11(16)12-5-2-9-18-12/h2-3,5-7,9,11H,1,4,8,10H2/t11-/m1/s1. The molecule has 1 aliphatic heterocycles. The van der Waals surface area contributed by atoms with Gasteiger partial charge < -0.3 is 4.90 Å². The van der Waals surface area contributed by atoms with Crippen LogP contribution in [0.3, 0.4) is 0 Å². The summed E-state index contributed by atoms with van der Waals surface area (Å²) in [6.07, 6.45) is 5.70. The molecule has 1 saturated heterocycles. The lowest BCUT2D eigenvalue weighted by Gasteiger charge is -2.23. The Morgan fingerprint density at radius 3 is 3.17 bits per heavy atom. The number of hydrogen-bond donors (Lipinski definition) is 0. The maximum absolute atomic E-state index is 12.3. The molecule has 2 aromatic rings. The van der Waals surface area contributed by atoms with Gasteiger partial charge >= 0.3 is 0 Å². The highest BCUT2D eigenvalue weighted by Crippen LogP contribution is 2.34. The molecule has 18 heavy (non-hydrogen) atoms. The highest BCUT2D eigenvalue weighted by atomic mass is 32.1. The molecule has 0 saturated carbocycles. The van der Waals surface area contributed by atoms with Crippen LogP contribution in [-0.2, 0) is 11.3 Å². The van der Waals surface area contributed by atoms with Crippen LogP contribution in [0.2, 0.25) is 0 Å². The van der Waals surface area contributed by atoms with E-state index in [9.17, 15) is 4.79 Å². The van der Waals surface area contributed by atoms with Crippen LogP contribution in [0.5, 0.6) is 0 Å². The molecule has 5 heteroatoms. The van der Waals surface area contributed by atoms with Crippen molar-refractivity contribution in [2.24, 2.45) is 0 Å². The summed E-state index contributed by atoms with van der Waals surface area (Å²) in [7, 11) is 0. The van der Waals surface area contributed by atoms with E-state index in [2.05, 4.69) is 22.6 Å². The van der Waals surface area contributed by atoms with Gasteiger partial charge in [-0.25, -0.2) is 0 Å². The molecule has 4 nitrogen and oxygen atoms in total. The van der Waals surface area contributed by atoms with Crippen LogP contribution in [0.25, 0.3) is 0 Å². The van der Waals surface area contributed by atoms with Crippen LogP contribution in [0.1, 0.15) is 23.8 Å². The fraction of sp³-hybridized carbons (Fsp3) is 0.385. The smallest absolute Gasteiger partial charge is 0.244 e. The van der Waals surface area contributed by atoms with Crippen molar-refractivity contribution in [1.29, 1.82) is 0 Å². The van der Waals surface area contributed by atoms with Crippen molar-refractivity contribution in [3.63, 3.8) is 0 Å². The lowest BCUT2D eigenvalue weighted by atomic mass is 10.2. The van der Waals surface area contributed by atoms with Crippen molar-refractivity contribution in [2.45, 2.75) is 25.4 Å². The number of carbonyl (C=O) groups is 1. The zero-order valence-electron chi connectivity index (χ0n) is 10.0. The van der Waals surface area contributed by atoms with Crippen molar-refractivity contribution < 1.29 is 4.79 Å². The number of nitrogens with zero attached hydrogens (tertiary/aromatic N) is 3. The van der Waals surface area contributed by atoms with Crippen LogP contribution >= 0.6 is 11.3 Å². The molecule has 0 radical (unpaired) electrons. The molecular formula is C13H15N3OS. The van der Waals surface area contributed by atoms with E-state index in [0.29, 0.717) is 6.54 Å². The van der Waals surface area contributed by atoms with Crippen molar-refractivity contribution in [3.05, 3.63) is 40.8 Å². The lowest BCUT2D eigenvalue weighted by molar-refractivity contribution is -0.132. The van der Waals surface area contributed by atoms with Crippen LogP contribution in [0.4, 0.5) is 0 Å². The van der Waals surface area contributed by atoms with Crippen molar-refractivity contribution in [3.8, 4) is 0 Å². The van der Waals surface area contributed by atoms with Gasteiger partial charge in [-0.2, -0.15) is 5.10 Å². The number of likely N-dealkylation sites (tertiary alicyclic amines) is 1. The van der Waals surface area contributed by atoms with Gasteiger partial charge in [-0.05, 0) is 30.4 Å². The molecule has 0 unspecified atom stereocenters. The predicted molar refractivity (Wildman–Crippen MR) is 70.2 cm³/mol. The second kappa shape index (κ2) is 4.94. The number of aromatic nitrogens is 2. The summed E-state index contributed by atoms with van der Waals surface area (Å²) in [6, 6.07) is 6.28. The van der Waals surface area contributed by atoms with Gasteiger partial charge in [-0.1, -0.05) is 6.07 Å². The van der Waals surface area contributed by atoms with Crippen molar-refractivity contribution >= 4 is 17.2 Å². The molecule has 1 fully saturated rings. The fourth-order valence-corrected chi connectivity index (χ4v) is 3.34. The Bertz CT molecular complexity index is 506. The Labute approximate surface area is 110 Å². The van der Waals surface area contributed by atoms with E-state index in [4.69, 9.17) is 0 Å². The lowest BCUT2D eigenvalue weighted by Crippen LogP contribution is -2.33. The molecule has 1 aliphatic rings. The Hall–Kier alpha value is -1.62. The second-order valence-electron chi connectivity index (χ2n) is 4.46. The van der Waals surface area contributed by atoms with Crippen LogP contribution in [-0.4, -0.2) is 27.1 Å². The molecule has 0 spiro atoms. The van der Waals surface area contributed by atoms with Gasteiger partial charge in [0.25, 0.3) is 0 Å². The zero-order valence-corrected chi connectivity index (χ0v) is 10.8. The van der Waals surface area contributed by atoms with E-state index in [-0.39, 0.29) is 11.9 Å². The van der Waals surface area contributed by atoms with E-state index >= 15 is 0 Å². The Balaban J connectivity index is 1.73. The first-order valence-corrected chi connectivity index (χ1v) is 7.03. The van der Waals surface area contributed by atoms with Crippen LogP contribution in [0, 0.1) is 0 Å². The highest BCUT2D eigenvalue weighted by molar-refractivity contribution is 7.10. The van der Waals surface area contributed by atoms with E-state index in [1.807, 2.05) is 17.2 Å². The van der Waals surface area contributed by atoms with Gasteiger partial charge in [0, 0.05) is 23.8 Å². The molecule has 0 bridgehead atoms. The average Bonchev–Trinajstić information content (AvgIpc) is 3.11. The Kier molecular flexibility index (Phi) is 3.15. The molecule has 94 valence electrons. The molecule has 3 heterocycles. The Morgan fingerprint density at radius 1 is 1.50 bits per heavy atom. The molecule has 0 N–H and O–H groups in total. The first kappa shape index (κ1) is 11.5. The quantitative estimate of drug-likeness (QED) is 0.850. The minimum absolute atomic E-state index is 0.162. The molecule has 1 amide bonds. The first-order chi connectivity index (χ1) is 8.84. The van der Waals surface area contributed by atoms with Crippen LogP contribution in [0.15, 0.2) is 36.0 Å². The predicted octanol–water partition coefficient (Wildman–Crippen LogP) is 2.31. The van der Waals surface area contributed by atoms with E-state index in [1.165, 1.54) is 4.88 Å². The maximum atomic E-state index is 12.3. The third-order valence-electron chi connectivity index (χ3n) is 3.30. The van der Waals surface area contributed by atoms with Gasteiger partial charge in [0.05, 0.1) is 6.04 Å². The monoisotopic (exact) mass is 261 g/mol. The second-order valence-corrected chi connectivity index (χ2v) is 5.44. The van der Waals surface area contributed by atoms with Gasteiger partial charge in [0.2, 0.25) is 5.91 Å². The number of hydrogen-bond acceptors (Lipinski definition) is 3. The number of carbonyl (C=O) groups excluding carboxylic acids is 1. The number of amides is 1. The highest BCUT2D eigenvalue weighted by Gasteiger charge is 2.30. The molecule has 0 aromatic carbocycles. The summed E-state index contributed by atoms with van der Waals surface area (Å²) in [6.45, 7) is 1.21. The largest absolute Gasteiger partial charge is 0.333 e. The molecule has 0 aliphatic carbocycles. The summed E-state index contributed by atoms with van der Waals surface area (Å²) in [5.74, 6) is 0.162. The topological polar surface area (TPSA) is 38.1 Å². The summed E-state index contributed by atoms with van der Waals surface area (Å²) in [5, 5.41) is 6.16. The average molecular weight is 261 g/mol. The summed E-state index contributed by atoms with van der Waals surface area (Å²) >= 11 is 1.73. The normalized spacial score (nSPS) is 19.3. The molecule has 1 atom stereocenters. The van der Waals surface area contributed by atoms with E-state index in [0.717, 1.165) is 19.4 Å². The van der Waals surface area contributed by atoms with E-state index in [1.54, 1.807) is 22.2 Å². The molecule has 3 rings (SSSR count). The van der Waals surface area contributed by atoms with Gasteiger partial charge in [0.15, 0.2) is 0 Å². The van der Waals surface area contributed by atoms with Gasteiger partial charge in [0.1, 0.15) is 6.54 Å². The van der Waals surface area contributed by atoms with Gasteiger partial charge in [-0.3, -0.25) is 9.48 Å². The van der Waals surface area contributed by atoms with Crippen molar-refractivity contribution in [1.82, 2.24) is 14.7 Å². The fourth-order valence-electron chi connectivity index (χ4n) is 2.47. The first-order valence-electron chi connectivity index (χ1n) is 6.15. The minimum atomic E-state index is 0.162. The SMILES string of the molecule is O=C(Cn1cccn1)N1CCC[C@@H]1c1cccs1. The number of rotatable bonds is 3. The van der Waals surface area contributed by atoms with Crippen molar-refractivity contribution in [2.75, 3.05) is 6.54 Å². The van der Waals surface area contributed by atoms with Gasteiger partial charge in [-0.15, -0.1) is 11.3 Å². The number of thiophene rings is 1. The molecule has 2 aromatic heterocycles. The summed E-state index contributed by atoms with van der Waals surface area (Å²) in [4.78, 5) is 15.6. The summed E-state index contributed by atoms with van der Waals surface area (Å²) < 4.78 is 1.69. The van der Waals surface area contributed by atoms with Crippen LogP contribution < -0.4 is 0 Å². The maximum Gasteiger partial charge on any atom is 0.244 e. The molecular weight excluding hydrogens is 246 g/mol. The third kappa shape index (κ3) is 2.18. The van der Waals surface area contributed by atoms with E-state index < -0.39 is 0 Å².